The van der Waals surface area contributed by atoms with Crippen molar-refractivity contribution in [2.24, 2.45) is 0 Å². The van der Waals surface area contributed by atoms with Gasteiger partial charge in [0.05, 0.1) is 13.2 Å². The Labute approximate surface area is 107 Å². The van der Waals surface area contributed by atoms with Crippen molar-refractivity contribution >= 4 is 12.1 Å². The Morgan fingerprint density at radius 1 is 1.33 bits per heavy atom. The van der Waals surface area contributed by atoms with Crippen LogP contribution in [0.3, 0.4) is 0 Å². The third-order valence-electron chi connectivity index (χ3n) is 2.62. The molecule has 18 heavy (non-hydrogen) atoms. The minimum absolute atomic E-state index is 0.291. The van der Waals surface area contributed by atoms with Crippen LogP contribution in [0.2, 0.25) is 0 Å². The Morgan fingerprint density at radius 2 is 2.00 bits per heavy atom. The average Bonchev–Trinajstić information content (AvgIpc) is 2.26. The van der Waals surface area contributed by atoms with E-state index in [0.29, 0.717) is 0 Å². The Morgan fingerprint density at radius 3 is 2.56 bits per heavy atom. The van der Waals surface area contributed by atoms with Gasteiger partial charge in [-0.15, -0.1) is 0 Å². The lowest BCUT2D eigenvalue weighted by atomic mass is 9.99. The zero-order chi connectivity index (χ0) is 13.8. The van der Waals surface area contributed by atoms with Crippen molar-refractivity contribution in [3.05, 3.63) is 0 Å². The van der Waals surface area contributed by atoms with E-state index in [1.807, 2.05) is 0 Å². The first-order valence-electron chi connectivity index (χ1n) is 6.14. The number of methoxy groups -OCH3 is 1. The van der Waals surface area contributed by atoms with Gasteiger partial charge in [-0.25, -0.2) is 4.79 Å². The second-order valence-corrected chi connectivity index (χ2v) is 5.35. The molecule has 1 saturated heterocycles. The summed E-state index contributed by atoms with van der Waals surface area (Å²) in [6, 6.07) is -0.794. The van der Waals surface area contributed by atoms with Crippen LogP contribution in [0, 0.1) is 0 Å². The number of rotatable bonds is 2. The summed E-state index contributed by atoms with van der Waals surface area (Å²) in [4.78, 5) is 23.2. The topological polar surface area (TPSA) is 76.7 Å². The van der Waals surface area contributed by atoms with E-state index in [2.05, 4.69) is 10.6 Å². The molecule has 1 fully saturated rings. The van der Waals surface area contributed by atoms with Crippen LogP contribution in [0.25, 0.3) is 0 Å². The van der Waals surface area contributed by atoms with Gasteiger partial charge in [-0.1, -0.05) is 0 Å². The fourth-order valence-corrected chi connectivity index (χ4v) is 1.88. The number of nitrogens with one attached hydrogen (secondary N) is 2. The van der Waals surface area contributed by atoms with Crippen molar-refractivity contribution in [2.45, 2.75) is 51.3 Å². The predicted molar refractivity (Wildman–Crippen MR) is 66.2 cm³/mol. The third kappa shape index (κ3) is 4.52. The number of carbonyl (C=O) groups excluding carboxylic acids is 2. The highest BCUT2D eigenvalue weighted by Crippen LogP contribution is 2.12. The number of carbonyl (C=O) groups is 2. The van der Waals surface area contributed by atoms with E-state index < -0.39 is 17.7 Å². The smallest absolute Gasteiger partial charge is 0.407 e. The van der Waals surface area contributed by atoms with Gasteiger partial charge in [-0.2, -0.15) is 0 Å². The normalized spacial score (nSPS) is 24.2. The Kier molecular flexibility index (Phi) is 4.95. The third-order valence-corrected chi connectivity index (χ3v) is 2.62. The lowest BCUT2D eigenvalue weighted by molar-refractivity contribution is -0.144. The molecule has 0 spiro atoms. The maximum Gasteiger partial charge on any atom is 0.407 e. The van der Waals surface area contributed by atoms with E-state index >= 15 is 0 Å². The minimum atomic E-state index is -0.549. The summed E-state index contributed by atoms with van der Waals surface area (Å²) >= 11 is 0. The van der Waals surface area contributed by atoms with E-state index in [0.717, 1.165) is 19.4 Å². The summed E-state index contributed by atoms with van der Waals surface area (Å²) in [5, 5.41) is 5.76. The summed E-state index contributed by atoms with van der Waals surface area (Å²) in [5.74, 6) is -0.365. The molecule has 0 aliphatic carbocycles. The zero-order valence-corrected chi connectivity index (χ0v) is 11.4. The molecular weight excluding hydrogens is 236 g/mol. The summed E-state index contributed by atoms with van der Waals surface area (Å²) < 4.78 is 9.88. The van der Waals surface area contributed by atoms with Crippen molar-refractivity contribution in [2.75, 3.05) is 13.7 Å². The molecule has 1 heterocycles. The molecule has 2 atom stereocenters. The van der Waals surface area contributed by atoms with Gasteiger partial charge < -0.3 is 20.1 Å². The standard InChI is InChI=1S/C12H22N2O4/c1-12(2,3)18-11(16)14-8-6-5-7-13-9(8)10(15)17-4/h8-9,13H,5-7H2,1-4H3,(H,14,16)/t8-,9-/m1/s1. The number of alkyl carbamates (subject to hydrolysis) is 1. The number of esters is 1. The molecule has 1 aliphatic rings. The first kappa shape index (κ1) is 14.8. The molecule has 1 amide bonds. The monoisotopic (exact) mass is 258 g/mol. The molecule has 0 unspecified atom stereocenters. The number of piperidine rings is 1. The molecule has 0 aromatic heterocycles. The van der Waals surface area contributed by atoms with Gasteiger partial charge in [0.1, 0.15) is 11.6 Å². The molecule has 0 aromatic carbocycles. The molecule has 6 nitrogen and oxygen atoms in total. The van der Waals surface area contributed by atoms with Crippen LogP contribution in [0.1, 0.15) is 33.6 Å². The van der Waals surface area contributed by atoms with Crippen molar-refractivity contribution in [1.29, 1.82) is 0 Å². The summed E-state index contributed by atoms with van der Waals surface area (Å²) in [6.07, 6.45) is 1.12. The van der Waals surface area contributed by atoms with Crippen LogP contribution in [-0.2, 0) is 14.3 Å². The molecule has 2 N–H and O–H groups in total. The molecule has 0 saturated carbocycles. The predicted octanol–water partition coefficient (Wildman–Crippen LogP) is 0.805. The van der Waals surface area contributed by atoms with Crippen molar-refractivity contribution in [1.82, 2.24) is 10.6 Å². The largest absolute Gasteiger partial charge is 0.468 e. The lowest BCUT2D eigenvalue weighted by Gasteiger charge is -2.31. The number of hydrogen-bond acceptors (Lipinski definition) is 5. The van der Waals surface area contributed by atoms with Gasteiger partial charge in [0.25, 0.3) is 0 Å². The Balaban J connectivity index is 2.57. The van der Waals surface area contributed by atoms with Crippen molar-refractivity contribution in [3.8, 4) is 0 Å². The highest BCUT2D eigenvalue weighted by molar-refractivity contribution is 5.78. The minimum Gasteiger partial charge on any atom is -0.468 e. The van der Waals surface area contributed by atoms with E-state index in [9.17, 15) is 9.59 Å². The Bertz CT molecular complexity index is 312. The summed E-state index contributed by atoms with van der Waals surface area (Å²) in [7, 11) is 1.34. The number of amides is 1. The van der Waals surface area contributed by atoms with Gasteiger partial charge in [0.2, 0.25) is 0 Å². The van der Waals surface area contributed by atoms with Crippen LogP contribution in [0.5, 0.6) is 0 Å². The molecule has 0 bridgehead atoms. The molecule has 1 rings (SSSR count). The van der Waals surface area contributed by atoms with Crippen LogP contribution in [-0.4, -0.2) is 43.4 Å². The quantitative estimate of drug-likeness (QED) is 0.717. The molecular formula is C12H22N2O4. The van der Waals surface area contributed by atoms with E-state index in [4.69, 9.17) is 9.47 Å². The van der Waals surface area contributed by atoms with Crippen LogP contribution >= 0.6 is 0 Å². The lowest BCUT2D eigenvalue weighted by Crippen LogP contribution is -2.57. The van der Waals surface area contributed by atoms with Crippen LogP contribution < -0.4 is 10.6 Å². The van der Waals surface area contributed by atoms with Crippen molar-refractivity contribution < 1.29 is 19.1 Å². The van der Waals surface area contributed by atoms with Crippen molar-refractivity contribution in [3.63, 3.8) is 0 Å². The molecule has 0 aromatic rings. The SMILES string of the molecule is COC(=O)[C@@H]1NCCC[C@H]1NC(=O)OC(C)(C)C. The second-order valence-electron chi connectivity index (χ2n) is 5.35. The maximum atomic E-state index is 11.7. The fourth-order valence-electron chi connectivity index (χ4n) is 1.88. The van der Waals surface area contributed by atoms with E-state index in [1.165, 1.54) is 7.11 Å². The van der Waals surface area contributed by atoms with Crippen LogP contribution in [0.15, 0.2) is 0 Å². The van der Waals surface area contributed by atoms with Gasteiger partial charge >= 0.3 is 12.1 Å². The van der Waals surface area contributed by atoms with E-state index in [1.54, 1.807) is 20.8 Å². The first-order chi connectivity index (χ1) is 8.33. The number of ether oxygens (including phenoxy) is 2. The molecule has 1 aliphatic heterocycles. The molecule has 6 heteroatoms. The van der Waals surface area contributed by atoms with Crippen LogP contribution in [0.4, 0.5) is 4.79 Å². The fraction of sp³-hybridized carbons (Fsp3) is 0.833. The average molecular weight is 258 g/mol. The van der Waals surface area contributed by atoms with E-state index in [-0.39, 0.29) is 12.0 Å². The highest BCUT2D eigenvalue weighted by Gasteiger charge is 2.33. The van der Waals surface area contributed by atoms with Gasteiger partial charge in [-0.05, 0) is 40.2 Å². The van der Waals surface area contributed by atoms with Gasteiger partial charge in [-0.3, -0.25) is 4.79 Å². The maximum absolute atomic E-state index is 11.7. The Hall–Kier alpha value is -1.30. The molecule has 0 radical (unpaired) electrons. The van der Waals surface area contributed by atoms with Gasteiger partial charge in [0, 0.05) is 0 Å². The highest BCUT2D eigenvalue weighted by atomic mass is 16.6. The summed E-state index contributed by atoms with van der Waals surface area (Å²) in [5.41, 5.74) is -0.549. The first-order valence-corrected chi connectivity index (χ1v) is 6.14. The van der Waals surface area contributed by atoms with Gasteiger partial charge in [0.15, 0.2) is 0 Å². The number of hydrogen-bond donors (Lipinski definition) is 2. The summed E-state index contributed by atoms with van der Waals surface area (Å²) in [6.45, 7) is 6.13. The molecule has 104 valence electrons. The second kappa shape index (κ2) is 6.04. The zero-order valence-electron chi connectivity index (χ0n) is 11.4.